The summed E-state index contributed by atoms with van der Waals surface area (Å²) in [6, 6.07) is 18.5. The molecule has 5 heteroatoms. The van der Waals surface area contributed by atoms with Crippen molar-refractivity contribution in [2.45, 2.75) is 26.2 Å². The summed E-state index contributed by atoms with van der Waals surface area (Å²) in [4.78, 5) is 21.5. The van der Waals surface area contributed by atoms with Gasteiger partial charge in [0.2, 0.25) is 5.91 Å². The molecule has 0 aliphatic rings. The highest BCUT2D eigenvalue weighted by atomic mass is 32.1. The van der Waals surface area contributed by atoms with E-state index in [0.29, 0.717) is 13.0 Å². The monoisotopic (exact) mass is 389 g/mol. The van der Waals surface area contributed by atoms with Crippen LogP contribution in [0.15, 0.2) is 60.8 Å². The number of thiazole rings is 1. The smallest absolute Gasteiger partial charge is 0.224 e. The van der Waals surface area contributed by atoms with Crippen molar-refractivity contribution in [1.82, 2.24) is 15.3 Å². The zero-order chi connectivity index (χ0) is 19.3. The van der Waals surface area contributed by atoms with E-state index < -0.39 is 0 Å². The summed E-state index contributed by atoms with van der Waals surface area (Å²) < 4.78 is 0. The highest BCUT2D eigenvalue weighted by Crippen LogP contribution is 2.22. The van der Waals surface area contributed by atoms with Crippen LogP contribution in [-0.4, -0.2) is 22.4 Å². The Morgan fingerprint density at radius 3 is 2.75 bits per heavy atom. The van der Waals surface area contributed by atoms with Crippen LogP contribution in [0.25, 0.3) is 10.9 Å². The van der Waals surface area contributed by atoms with Gasteiger partial charge < -0.3 is 10.3 Å². The normalized spacial score (nSPS) is 11.0. The molecule has 0 atom stereocenters. The van der Waals surface area contributed by atoms with Crippen LogP contribution < -0.4 is 5.32 Å². The third-order valence-corrected chi connectivity index (χ3v) is 6.05. The third kappa shape index (κ3) is 4.31. The van der Waals surface area contributed by atoms with Gasteiger partial charge in [-0.3, -0.25) is 4.79 Å². The number of nitrogens with zero attached hydrogens (tertiary/aromatic N) is 1. The van der Waals surface area contributed by atoms with E-state index in [1.807, 2.05) is 36.5 Å². The molecule has 2 heterocycles. The summed E-state index contributed by atoms with van der Waals surface area (Å²) in [7, 11) is 0. The highest BCUT2D eigenvalue weighted by Gasteiger charge is 2.11. The number of carbonyl (C=O) groups excluding carboxylic acids is 1. The average Bonchev–Trinajstić information content (AvgIpc) is 3.26. The van der Waals surface area contributed by atoms with Crippen LogP contribution in [0, 0.1) is 6.92 Å². The van der Waals surface area contributed by atoms with Gasteiger partial charge in [-0.2, -0.15) is 0 Å². The zero-order valence-corrected chi connectivity index (χ0v) is 16.7. The number of benzene rings is 2. The fourth-order valence-electron chi connectivity index (χ4n) is 3.36. The minimum atomic E-state index is 0.0440. The van der Waals surface area contributed by atoms with Gasteiger partial charge in [-0.15, -0.1) is 11.3 Å². The maximum Gasteiger partial charge on any atom is 0.224 e. The van der Waals surface area contributed by atoms with E-state index in [-0.39, 0.29) is 5.91 Å². The first kappa shape index (κ1) is 18.4. The molecular formula is C23H23N3OS. The molecule has 142 valence electrons. The van der Waals surface area contributed by atoms with Crippen molar-refractivity contribution in [3.05, 3.63) is 87.5 Å². The van der Waals surface area contributed by atoms with Crippen LogP contribution in [0.3, 0.4) is 0 Å². The number of amides is 1. The summed E-state index contributed by atoms with van der Waals surface area (Å²) in [6.07, 6.45) is 3.99. The van der Waals surface area contributed by atoms with E-state index in [2.05, 4.69) is 46.5 Å². The van der Waals surface area contributed by atoms with Crippen LogP contribution in [0.2, 0.25) is 0 Å². The van der Waals surface area contributed by atoms with Gasteiger partial charge >= 0.3 is 0 Å². The highest BCUT2D eigenvalue weighted by molar-refractivity contribution is 7.11. The lowest BCUT2D eigenvalue weighted by molar-refractivity contribution is -0.120. The van der Waals surface area contributed by atoms with Crippen molar-refractivity contribution in [2.75, 3.05) is 6.54 Å². The fraction of sp³-hybridized carbons (Fsp3) is 0.217. The Kier molecular flexibility index (Phi) is 5.53. The largest absolute Gasteiger partial charge is 0.361 e. The minimum absolute atomic E-state index is 0.0440. The number of rotatable bonds is 7. The average molecular weight is 390 g/mol. The first-order valence-corrected chi connectivity index (χ1v) is 10.3. The molecule has 28 heavy (non-hydrogen) atoms. The number of carbonyl (C=O) groups is 1. The van der Waals surface area contributed by atoms with Gasteiger partial charge in [0, 0.05) is 41.4 Å². The van der Waals surface area contributed by atoms with Crippen molar-refractivity contribution in [3.8, 4) is 0 Å². The Labute approximate surface area is 168 Å². The molecule has 2 N–H and O–H groups in total. The maximum absolute atomic E-state index is 12.3. The van der Waals surface area contributed by atoms with Gasteiger partial charge in [-0.1, -0.05) is 48.5 Å². The Bertz CT molecular complexity index is 1080. The molecule has 0 bridgehead atoms. The summed E-state index contributed by atoms with van der Waals surface area (Å²) in [5, 5.41) is 5.22. The van der Waals surface area contributed by atoms with E-state index in [1.165, 1.54) is 10.4 Å². The predicted octanol–water partition coefficient (Wildman–Crippen LogP) is 4.43. The number of fused-ring (bicyclic) bond motifs is 1. The van der Waals surface area contributed by atoms with Crippen LogP contribution in [0.4, 0.5) is 0 Å². The van der Waals surface area contributed by atoms with Crippen molar-refractivity contribution in [3.63, 3.8) is 0 Å². The number of aromatic amines is 1. The number of aromatic nitrogens is 2. The van der Waals surface area contributed by atoms with Crippen molar-refractivity contribution in [2.24, 2.45) is 0 Å². The Morgan fingerprint density at radius 1 is 1.11 bits per heavy atom. The zero-order valence-electron chi connectivity index (χ0n) is 15.9. The fourth-order valence-corrected chi connectivity index (χ4v) is 4.47. The molecule has 4 rings (SSSR count). The minimum Gasteiger partial charge on any atom is -0.361 e. The third-order valence-electron chi connectivity index (χ3n) is 4.83. The molecule has 0 spiro atoms. The number of H-pyrrole nitrogens is 1. The van der Waals surface area contributed by atoms with Gasteiger partial charge in [-0.05, 0) is 24.1 Å². The predicted molar refractivity (Wildman–Crippen MR) is 115 cm³/mol. The molecule has 0 aliphatic heterocycles. The lowest BCUT2D eigenvalue weighted by Gasteiger charge is -2.03. The lowest BCUT2D eigenvalue weighted by Crippen LogP contribution is -2.27. The molecule has 0 fully saturated rings. The summed E-state index contributed by atoms with van der Waals surface area (Å²) >= 11 is 1.75. The van der Waals surface area contributed by atoms with Gasteiger partial charge in [0.15, 0.2) is 0 Å². The molecule has 2 aromatic heterocycles. The van der Waals surface area contributed by atoms with Gasteiger partial charge in [-0.25, -0.2) is 4.98 Å². The summed E-state index contributed by atoms with van der Waals surface area (Å²) in [5.41, 5.74) is 4.49. The van der Waals surface area contributed by atoms with Gasteiger partial charge in [0.1, 0.15) is 0 Å². The van der Waals surface area contributed by atoms with Crippen LogP contribution in [0.5, 0.6) is 0 Å². The SMILES string of the molecule is Cc1nc(CCNC(=O)Cc2c[nH]c3ccccc23)sc1Cc1ccccc1. The summed E-state index contributed by atoms with van der Waals surface area (Å²) in [6.45, 7) is 2.67. The van der Waals surface area contributed by atoms with Gasteiger partial charge in [0.05, 0.1) is 17.1 Å². The Balaban J connectivity index is 1.30. The van der Waals surface area contributed by atoms with Crippen molar-refractivity contribution in [1.29, 1.82) is 0 Å². The Morgan fingerprint density at radius 2 is 1.89 bits per heavy atom. The number of hydrogen-bond donors (Lipinski definition) is 2. The second-order valence-electron chi connectivity index (χ2n) is 6.91. The number of nitrogens with one attached hydrogen (secondary N) is 2. The summed E-state index contributed by atoms with van der Waals surface area (Å²) in [5.74, 6) is 0.0440. The molecule has 0 unspecified atom stereocenters. The standard InChI is InChI=1S/C23H23N3OS/c1-16-21(13-17-7-3-2-4-8-17)28-23(26-16)11-12-24-22(27)14-18-15-25-20-10-6-5-9-19(18)20/h2-10,15,25H,11-14H2,1H3,(H,24,27). The molecule has 1 amide bonds. The first-order chi connectivity index (χ1) is 13.7. The van der Waals surface area contributed by atoms with E-state index >= 15 is 0 Å². The number of para-hydroxylation sites is 1. The molecule has 0 radical (unpaired) electrons. The molecule has 4 aromatic rings. The maximum atomic E-state index is 12.3. The molecule has 0 saturated heterocycles. The topological polar surface area (TPSA) is 57.8 Å². The number of aryl methyl sites for hydroxylation is 1. The molecule has 4 nitrogen and oxygen atoms in total. The van der Waals surface area contributed by atoms with Crippen LogP contribution in [-0.2, 0) is 24.1 Å². The van der Waals surface area contributed by atoms with E-state index in [4.69, 9.17) is 0 Å². The lowest BCUT2D eigenvalue weighted by atomic mass is 10.1. The van der Waals surface area contributed by atoms with Crippen molar-refractivity contribution < 1.29 is 4.79 Å². The van der Waals surface area contributed by atoms with E-state index in [9.17, 15) is 4.79 Å². The molecular weight excluding hydrogens is 366 g/mol. The quantitative estimate of drug-likeness (QED) is 0.491. The van der Waals surface area contributed by atoms with Crippen LogP contribution >= 0.6 is 11.3 Å². The second-order valence-corrected chi connectivity index (χ2v) is 8.08. The van der Waals surface area contributed by atoms with E-state index in [0.717, 1.165) is 40.0 Å². The van der Waals surface area contributed by atoms with Gasteiger partial charge in [0.25, 0.3) is 0 Å². The van der Waals surface area contributed by atoms with E-state index in [1.54, 1.807) is 11.3 Å². The molecule has 0 aliphatic carbocycles. The van der Waals surface area contributed by atoms with Crippen molar-refractivity contribution >= 4 is 28.1 Å². The number of hydrogen-bond acceptors (Lipinski definition) is 3. The second kappa shape index (κ2) is 8.40. The molecule has 2 aromatic carbocycles. The molecule has 0 saturated carbocycles. The Hall–Kier alpha value is -2.92. The van der Waals surface area contributed by atoms with Crippen LogP contribution in [0.1, 0.15) is 26.7 Å². The first-order valence-electron chi connectivity index (χ1n) is 9.50.